The summed E-state index contributed by atoms with van der Waals surface area (Å²) >= 11 is 3.39. The fourth-order valence-electron chi connectivity index (χ4n) is 4.98. The van der Waals surface area contributed by atoms with Crippen LogP contribution in [0.1, 0.15) is 35.6 Å². The maximum Gasteiger partial charge on any atom is 0.264 e. The lowest BCUT2D eigenvalue weighted by molar-refractivity contribution is -0.140. The smallest absolute Gasteiger partial charge is 0.264 e. The molecular formula is C36H40BrN3O5S. The molecule has 8 nitrogen and oxygen atoms in total. The van der Waals surface area contributed by atoms with Crippen molar-refractivity contribution in [3.05, 3.63) is 124 Å². The number of halogens is 1. The van der Waals surface area contributed by atoms with Crippen molar-refractivity contribution in [3.63, 3.8) is 0 Å². The van der Waals surface area contributed by atoms with Crippen molar-refractivity contribution in [2.45, 2.75) is 51.1 Å². The summed E-state index contributed by atoms with van der Waals surface area (Å²) in [5.74, 6) is -0.331. The Bertz CT molecular complexity index is 1730. The number of rotatable bonds is 14. The number of methoxy groups -OCH3 is 1. The molecule has 0 bridgehead atoms. The molecular weight excluding hydrogens is 666 g/mol. The number of aryl methyl sites for hydroxylation is 2. The third kappa shape index (κ3) is 8.76. The first-order chi connectivity index (χ1) is 22.0. The molecule has 0 aliphatic carbocycles. The number of benzene rings is 4. The van der Waals surface area contributed by atoms with Crippen LogP contribution in [0.3, 0.4) is 0 Å². The Morgan fingerprint density at radius 3 is 2.09 bits per heavy atom. The number of sulfonamides is 1. The van der Waals surface area contributed by atoms with Gasteiger partial charge in [-0.05, 0) is 77.7 Å². The minimum atomic E-state index is -4.24. The fraction of sp³-hybridized carbons (Fsp3) is 0.278. The molecule has 4 rings (SSSR count). The van der Waals surface area contributed by atoms with Gasteiger partial charge in [-0.3, -0.25) is 13.9 Å². The number of anilines is 1. The summed E-state index contributed by atoms with van der Waals surface area (Å²) < 4.78 is 35.4. The van der Waals surface area contributed by atoms with E-state index in [2.05, 4.69) is 21.2 Å². The first kappa shape index (κ1) is 34.7. The number of hydrogen-bond acceptors (Lipinski definition) is 5. The molecule has 0 radical (unpaired) electrons. The van der Waals surface area contributed by atoms with Gasteiger partial charge in [0.05, 0.1) is 22.2 Å². The van der Waals surface area contributed by atoms with Crippen LogP contribution in [-0.4, -0.2) is 51.4 Å². The maximum atomic E-state index is 14.5. The Hall–Kier alpha value is -4.15. The molecule has 0 aliphatic heterocycles. The lowest BCUT2D eigenvalue weighted by atomic mass is 10.0. The molecule has 0 heterocycles. The van der Waals surface area contributed by atoms with Gasteiger partial charge >= 0.3 is 0 Å². The average Bonchev–Trinajstić information content (AvgIpc) is 3.05. The van der Waals surface area contributed by atoms with Gasteiger partial charge in [0.15, 0.2) is 0 Å². The number of carbonyl (C=O) groups excluding carboxylic acids is 2. The summed E-state index contributed by atoms with van der Waals surface area (Å²) in [6, 6.07) is 27.8. The second-order valence-corrected chi connectivity index (χ2v) is 13.9. The second kappa shape index (κ2) is 15.9. The molecule has 0 fully saturated rings. The summed E-state index contributed by atoms with van der Waals surface area (Å²) in [7, 11) is -2.74. The number of ether oxygens (including phenoxy) is 1. The van der Waals surface area contributed by atoms with Crippen LogP contribution in [0.2, 0.25) is 0 Å². The van der Waals surface area contributed by atoms with Gasteiger partial charge in [-0.2, -0.15) is 0 Å². The average molecular weight is 707 g/mol. The van der Waals surface area contributed by atoms with E-state index in [4.69, 9.17) is 4.74 Å². The molecule has 1 unspecified atom stereocenters. The minimum Gasteiger partial charge on any atom is -0.496 e. The molecule has 0 spiro atoms. The standard InChI is InChI=1S/C36H40BrN3O5S/c1-5-21-38-36(42)33(22-28-9-7-6-8-10-28)39(24-29-15-11-26(2)12-16-29)35(41)25-40(30-17-13-27(3)14-18-30)46(43,44)31-19-20-34(45-4)32(37)23-31/h6-20,23,33H,5,21-22,24-25H2,1-4H3,(H,38,42). The summed E-state index contributed by atoms with van der Waals surface area (Å²) in [6.07, 6.45) is 0.989. The summed E-state index contributed by atoms with van der Waals surface area (Å²) in [4.78, 5) is 29.8. The van der Waals surface area contributed by atoms with E-state index < -0.39 is 28.5 Å². The zero-order chi connectivity index (χ0) is 33.3. The highest BCUT2D eigenvalue weighted by molar-refractivity contribution is 9.10. The van der Waals surface area contributed by atoms with Crippen molar-refractivity contribution in [1.29, 1.82) is 0 Å². The number of carbonyl (C=O) groups is 2. The van der Waals surface area contributed by atoms with E-state index in [-0.39, 0.29) is 23.8 Å². The summed E-state index contributed by atoms with van der Waals surface area (Å²) in [5.41, 5.74) is 4.04. The first-order valence-corrected chi connectivity index (χ1v) is 17.4. The van der Waals surface area contributed by atoms with Crippen LogP contribution in [0.25, 0.3) is 0 Å². The van der Waals surface area contributed by atoms with Crippen LogP contribution < -0.4 is 14.4 Å². The van der Waals surface area contributed by atoms with Gasteiger partial charge in [-0.15, -0.1) is 0 Å². The number of nitrogens with one attached hydrogen (secondary N) is 1. The monoisotopic (exact) mass is 705 g/mol. The number of amides is 2. The van der Waals surface area contributed by atoms with Crippen molar-refractivity contribution in [1.82, 2.24) is 10.2 Å². The fourth-order valence-corrected chi connectivity index (χ4v) is 7.12. The zero-order valence-corrected chi connectivity index (χ0v) is 29.0. The molecule has 46 heavy (non-hydrogen) atoms. The molecule has 2 amide bonds. The topological polar surface area (TPSA) is 96.0 Å². The number of hydrogen-bond donors (Lipinski definition) is 1. The summed E-state index contributed by atoms with van der Waals surface area (Å²) in [5, 5.41) is 2.97. The van der Waals surface area contributed by atoms with Crippen molar-refractivity contribution in [3.8, 4) is 5.75 Å². The molecule has 242 valence electrons. The quantitative estimate of drug-likeness (QED) is 0.163. The zero-order valence-electron chi connectivity index (χ0n) is 26.6. The highest BCUT2D eigenvalue weighted by Gasteiger charge is 2.34. The van der Waals surface area contributed by atoms with Gasteiger partial charge < -0.3 is 15.0 Å². The molecule has 0 aliphatic rings. The van der Waals surface area contributed by atoms with Crippen molar-refractivity contribution in [2.75, 3.05) is 24.5 Å². The van der Waals surface area contributed by atoms with E-state index >= 15 is 0 Å². The van der Waals surface area contributed by atoms with Gasteiger partial charge in [-0.1, -0.05) is 84.8 Å². The lowest BCUT2D eigenvalue weighted by Gasteiger charge is -2.34. The van der Waals surface area contributed by atoms with Gasteiger partial charge in [0.25, 0.3) is 10.0 Å². The van der Waals surface area contributed by atoms with Gasteiger partial charge in [-0.25, -0.2) is 8.42 Å². The summed E-state index contributed by atoms with van der Waals surface area (Å²) in [6.45, 7) is 5.89. The van der Waals surface area contributed by atoms with Crippen LogP contribution in [0.5, 0.6) is 5.75 Å². The van der Waals surface area contributed by atoms with Crippen LogP contribution in [-0.2, 0) is 32.6 Å². The predicted octanol–water partition coefficient (Wildman–Crippen LogP) is 6.44. The molecule has 10 heteroatoms. The van der Waals surface area contributed by atoms with E-state index in [0.717, 1.165) is 33.0 Å². The first-order valence-electron chi connectivity index (χ1n) is 15.1. The van der Waals surface area contributed by atoms with E-state index in [0.29, 0.717) is 22.5 Å². The Labute approximate surface area is 280 Å². The van der Waals surface area contributed by atoms with Crippen LogP contribution in [0.4, 0.5) is 5.69 Å². The molecule has 4 aromatic carbocycles. The third-order valence-corrected chi connectivity index (χ3v) is 10.00. The normalized spacial score (nSPS) is 11.8. The van der Waals surface area contributed by atoms with Crippen LogP contribution in [0, 0.1) is 13.8 Å². The van der Waals surface area contributed by atoms with E-state index in [1.54, 1.807) is 30.3 Å². The molecule has 0 saturated carbocycles. The van der Waals surface area contributed by atoms with Gasteiger partial charge in [0.2, 0.25) is 11.8 Å². The molecule has 1 N–H and O–H groups in total. The Kier molecular flexibility index (Phi) is 12.0. The van der Waals surface area contributed by atoms with E-state index in [1.165, 1.54) is 24.1 Å². The SMILES string of the molecule is CCCNC(=O)C(Cc1ccccc1)N(Cc1ccc(C)cc1)C(=O)CN(c1ccc(C)cc1)S(=O)(=O)c1ccc(OC)c(Br)c1. The molecule has 0 saturated heterocycles. The highest BCUT2D eigenvalue weighted by atomic mass is 79.9. The van der Waals surface area contributed by atoms with Crippen LogP contribution >= 0.6 is 15.9 Å². The van der Waals surface area contributed by atoms with E-state index in [1.807, 2.05) is 75.4 Å². The molecule has 4 aromatic rings. The lowest BCUT2D eigenvalue weighted by Crippen LogP contribution is -2.53. The Morgan fingerprint density at radius 1 is 0.870 bits per heavy atom. The Morgan fingerprint density at radius 2 is 1.50 bits per heavy atom. The van der Waals surface area contributed by atoms with Gasteiger partial charge in [0, 0.05) is 19.5 Å². The minimum absolute atomic E-state index is 0.0137. The van der Waals surface area contributed by atoms with Crippen molar-refractivity contribution in [2.24, 2.45) is 0 Å². The largest absolute Gasteiger partial charge is 0.496 e. The van der Waals surface area contributed by atoms with Crippen molar-refractivity contribution >= 4 is 43.5 Å². The molecule has 0 aromatic heterocycles. The second-order valence-electron chi connectivity index (χ2n) is 11.1. The van der Waals surface area contributed by atoms with E-state index in [9.17, 15) is 18.0 Å². The predicted molar refractivity (Wildman–Crippen MR) is 185 cm³/mol. The Balaban J connectivity index is 1.80. The highest BCUT2D eigenvalue weighted by Crippen LogP contribution is 2.31. The third-order valence-electron chi connectivity index (χ3n) is 7.61. The number of nitrogens with zero attached hydrogens (tertiary/aromatic N) is 2. The van der Waals surface area contributed by atoms with Crippen LogP contribution in [0.15, 0.2) is 106 Å². The maximum absolute atomic E-state index is 14.5. The van der Waals surface area contributed by atoms with Gasteiger partial charge in [0.1, 0.15) is 18.3 Å². The van der Waals surface area contributed by atoms with Crippen molar-refractivity contribution < 1.29 is 22.7 Å². The molecule has 1 atom stereocenters.